The quantitative estimate of drug-likeness (QED) is 0.860. The normalized spacial score (nSPS) is 16.6. The van der Waals surface area contributed by atoms with Crippen LogP contribution in [0.1, 0.15) is 19.3 Å². The Morgan fingerprint density at radius 1 is 1.15 bits per heavy atom. The fourth-order valence-electron chi connectivity index (χ4n) is 2.80. The van der Waals surface area contributed by atoms with Crippen molar-refractivity contribution in [3.63, 3.8) is 0 Å². The largest absolute Gasteiger partial charge is 0.305 e. The summed E-state index contributed by atoms with van der Waals surface area (Å²) in [6.07, 6.45) is 4.92. The van der Waals surface area contributed by atoms with Crippen LogP contribution in [0.15, 0.2) is 29.2 Å². The van der Waals surface area contributed by atoms with Crippen molar-refractivity contribution in [3.8, 4) is 0 Å². The summed E-state index contributed by atoms with van der Waals surface area (Å²) in [6, 6.07) is 4.54. The number of pyridine rings is 2. The van der Waals surface area contributed by atoms with Crippen molar-refractivity contribution in [2.45, 2.75) is 25.8 Å². The summed E-state index contributed by atoms with van der Waals surface area (Å²) in [5.41, 5.74) is 1.14. The van der Waals surface area contributed by atoms with E-state index in [4.69, 9.17) is 0 Å². The Balaban J connectivity index is 1.87. The summed E-state index contributed by atoms with van der Waals surface area (Å²) in [7, 11) is 0. The van der Waals surface area contributed by atoms with Crippen molar-refractivity contribution in [1.29, 1.82) is 0 Å². The van der Waals surface area contributed by atoms with E-state index in [0.717, 1.165) is 19.6 Å². The van der Waals surface area contributed by atoms with Gasteiger partial charge >= 0.3 is 0 Å². The van der Waals surface area contributed by atoms with Crippen LogP contribution in [0.3, 0.4) is 0 Å². The van der Waals surface area contributed by atoms with E-state index in [2.05, 4.69) is 9.88 Å². The molecule has 1 aliphatic heterocycles. The topological polar surface area (TPSA) is 38.1 Å². The van der Waals surface area contributed by atoms with Crippen molar-refractivity contribution in [1.82, 2.24) is 14.5 Å². The lowest BCUT2D eigenvalue weighted by molar-refractivity contribution is 0.221. The first-order valence-electron chi connectivity index (χ1n) is 7.11. The maximum atomic E-state index is 13.4. The van der Waals surface area contributed by atoms with Gasteiger partial charge in [0.25, 0.3) is 5.56 Å². The Kier molecular flexibility index (Phi) is 3.78. The van der Waals surface area contributed by atoms with Gasteiger partial charge in [-0.15, -0.1) is 0 Å². The summed E-state index contributed by atoms with van der Waals surface area (Å²) in [4.78, 5) is 18.4. The molecule has 0 bridgehead atoms. The molecule has 0 spiro atoms. The number of nitrogens with zero attached hydrogens (tertiary/aromatic N) is 3. The van der Waals surface area contributed by atoms with E-state index in [1.807, 2.05) is 0 Å². The number of likely N-dealkylation sites (tertiary alicyclic amines) is 1. The molecule has 0 saturated carbocycles. The molecule has 2 aromatic rings. The fraction of sp³-hybridized carbons (Fsp3) is 0.467. The Morgan fingerprint density at radius 2 is 1.95 bits per heavy atom. The Hall–Kier alpha value is -1.75. The summed E-state index contributed by atoms with van der Waals surface area (Å²) < 4.78 is 15.0. The third-order valence-corrected chi connectivity index (χ3v) is 3.89. The summed E-state index contributed by atoms with van der Waals surface area (Å²) in [6.45, 7) is 3.59. The molecule has 3 heterocycles. The third-order valence-electron chi connectivity index (χ3n) is 3.89. The zero-order valence-corrected chi connectivity index (χ0v) is 11.4. The van der Waals surface area contributed by atoms with Crippen LogP contribution < -0.4 is 5.56 Å². The molecule has 20 heavy (non-hydrogen) atoms. The second-order valence-electron chi connectivity index (χ2n) is 5.28. The van der Waals surface area contributed by atoms with Crippen molar-refractivity contribution in [3.05, 3.63) is 40.6 Å². The minimum absolute atomic E-state index is 0.0955. The number of fused-ring (bicyclic) bond motifs is 1. The SMILES string of the molecule is O=c1ccc2ncc(F)cc2n1CCN1CCCCC1. The maximum absolute atomic E-state index is 13.4. The standard InChI is InChI=1S/C15H18FN3O/c16-12-10-14-13(17-11-12)4-5-15(20)19(14)9-8-18-6-2-1-3-7-18/h4-5,10-11H,1-3,6-9H2. The molecule has 0 N–H and O–H groups in total. The predicted octanol–water partition coefficient (Wildman–Crippen LogP) is 2.02. The van der Waals surface area contributed by atoms with E-state index >= 15 is 0 Å². The molecule has 0 amide bonds. The van der Waals surface area contributed by atoms with Crippen LogP contribution in [0.4, 0.5) is 4.39 Å². The molecule has 0 aromatic carbocycles. The van der Waals surface area contributed by atoms with Crippen LogP contribution in [0, 0.1) is 5.82 Å². The molecule has 5 heteroatoms. The zero-order valence-electron chi connectivity index (χ0n) is 11.4. The highest BCUT2D eigenvalue weighted by Gasteiger charge is 2.11. The second-order valence-corrected chi connectivity index (χ2v) is 5.28. The van der Waals surface area contributed by atoms with E-state index in [9.17, 15) is 9.18 Å². The first-order chi connectivity index (χ1) is 9.74. The van der Waals surface area contributed by atoms with Gasteiger partial charge in [-0.1, -0.05) is 6.42 Å². The lowest BCUT2D eigenvalue weighted by Crippen LogP contribution is -2.34. The highest BCUT2D eigenvalue weighted by Crippen LogP contribution is 2.12. The van der Waals surface area contributed by atoms with Gasteiger partial charge in [-0.2, -0.15) is 0 Å². The Labute approximate surface area is 116 Å². The molecule has 4 nitrogen and oxygen atoms in total. The van der Waals surface area contributed by atoms with E-state index in [1.54, 1.807) is 10.6 Å². The highest BCUT2D eigenvalue weighted by atomic mass is 19.1. The summed E-state index contributed by atoms with van der Waals surface area (Å²) >= 11 is 0. The summed E-state index contributed by atoms with van der Waals surface area (Å²) in [5, 5.41) is 0. The van der Waals surface area contributed by atoms with Crippen LogP contribution >= 0.6 is 0 Å². The monoisotopic (exact) mass is 275 g/mol. The van der Waals surface area contributed by atoms with Crippen molar-refractivity contribution in [2.24, 2.45) is 0 Å². The minimum atomic E-state index is -0.408. The molecule has 0 radical (unpaired) electrons. The van der Waals surface area contributed by atoms with Gasteiger partial charge in [0, 0.05) is 25.2 Å². The van der Waals surface area contributed by atoms with Gasteiger partial charge in [-0.3, -0.25) is 9.78 Å². The number of halogens is 1. The van der Waals surface area contributed by atoms with Gasteiger partial charge in [0.1, 0.15) is 5.82 Å². The molecule has 2 aromatic heterocycles. The molecular weight excluding hydrogens is 257 g/mol. The fourth-order valence-corrected chi connectivity index (χ4v) is 2.80. The number of hydrogen-bond acceptors (Lipinski definition) is 3. The van der Waals surface area contributed by atoms with Crippen LogP contribution in [0.25, 0.3) is 11.0 Å². The molecule has 106 valence electrons. The lowest BCUT2D eigenvalue weighted by Gasteiger charge is -2.26. The molecule has 0 atom stereocenters. The van der Waals surface area contributed by atoms with Gasteiger partial charge in [0.2, 0.25) is 0 Å². The van der Waals surface area contributed by atoms with E-state index < -0.39 is 5.82 Å². The van der Waals surface area contributed by atoms with Gasteiger partial charge in [0.15, 0.2) is 0 Å². The minimum Gasteiger partial charge on any atom is -0.305 e. The lowest BCUT2D eigenvalue weighted by atomic mass is 10.1. The molecule has 0 aliphatic carbocycles. The van der Waals surface area contributed by atoms with Gasteiger partial charge in [-0.05, 0) is 32.0 Å². The summed E-state index contributed by atoms with van der Waals surface area (Å²) in [5.74, 6) is -0.408. The van der Waals surface area contributed by atoms with Crippen molar-refractivity contribution < 1.29 is 4.39 Å². The van der Waals surface area contributed by atoms with Gasteiger partial charge in [0.05, 0.1) is 17.2 Å². The first kappa shape index (κ1) is 13.2. The van der Waals surface area contributed by atoms with Crippen LogP contribution in [-0.4, -0.2) is 34.1 Å². The first-order valence-corrected chi connectivity index (χ1v) is 7.11. The highest BCUT2D eigenvalue weighted by molar-refractivity contribution is 5.74. The van der Waals surface area contributed by atoms with E-state index in [0.29, 0.717) is 17.6 Å². The average molecular weight is 275 g/mol. The van der Waals surface area contributed by atoms with Crippen LogP contribution in [0.5, 0.6) is 0 Å². The molecule has 0 unspecified atom stereocenters. The molecular formula is C15H18FN3O. The molecule has 1 saturated heterocycles. The average Bonchev–Trinajstić information content (AvgIpc) is 2.47. The maximum Gasteiger partial charge on any atom is 0.251 e. The van der Waals surface area contributed by atoms with E-state index in [1.165, 1.54) is 37.6 Å². The zero-order chi connectivity index (χ0) is 13.9. The van der Waals surface area contributed by atoms with Crippen LogP contribution in [-0.2, 0) is 6.54 Å². The van der Waals surface area contributed by atoms with E-state index in [-0.39, 0.29) is 5.56 Å². The number of aromatic nitrogens is 2. The Bertz CT molecular complexity index is 662. The number of rotatable bonds is 3. The van der Waals surface area contributed by atoms with Crippen molar-refractivity contribution in [2.75, 3.05) is 19.6 Å². The molecule has 3 rings (SSSR count). The number of piperidine rings is 1. The van der Waals surface area contributed by atoms with Gasteiger partial charge in [-0.25, -0.2) is 4.39 Å². The smallest absolute Gasteiger partial charge is 0.251 e. The van der Waals surface area contributed by atoms with Crippen molar-refractivity contribution >= 4 is 11.0 Å². The predicted molar refractivity (Wildman–Crippen MR) is 76.3 cm³/mol. The molecule has 1 fully saturated rings. The van der Waals surface area contributed by atoms with Gasteiger partial charge < -0.3 is 9.47 Å². The number of hydrogen-bond donors (Lipinski definition) is 0. The molecule has 1 aliphatic rings. The van der Waals surface area contributed by atoms with Crippen LogP contribution in [0.2, 0.25) is 0 Å². The second kappa shape index (κ2) is 5.71. The Morgan fingerprint density at radius 3 is 2.75 bits per heavy atom. The third kappa shape index (κ3) is 2.72.